The molecule has 0 saturated carbocycles. The van der Waals surface area contributed by atoms with Gasteiger partial charge in [0.1, 0.15) is 5.82 Å². The van der Waals surface area contributed by atoms with Gasteiger partial charge in [-0.1, -0.05) is 6.07 Å². The number of carboxylic acids is 1. The first-order valence-electron chi connectivity index (χ1n) is 5.47. The van der Waals surface area contributed by atoms with E-state index in [9.17, 15) is 4.79 Å². The number of rotatable bonds is 4. The third-order valence-electron chi connectivity index (χ3n) is 2.52. The lowest BCUT2D eigenvalue weighted by atomic mass is 10.4. The molecule has 0 radical (unpaired) electrons. The summed E-state index contributed by atoms with van der Waals surface area (Å²) < 4.78 is 1.96. The Morgan fingerprint density at radius 1 is 1.42 bits per heavy atom. The Bertz CT molecular complexity index is 700. The minimum absolute atomic E-state index is 0.118. The molecule has 0 fully saturated rings. The van der Waals surface area contributed by atoms with Gasteiger partial charge < -0.3 is 9.67 Å². The van der Waals surface area contributed by atoms with Crippen molar-refractivity contribution in [2.24, 2.45) is 0 Å². The molecule has 0 saturated heterocycles. The minimum atomic E-state index is -0.986. The van der Waals surface area contributed by atoms with Crippen molar-refractivity contribution in [3.63, 3.8) is 0 Å². The molecular weight excluding hydrogens is 282 g/mol. The van der Waals surface area contributed by atoms with Gasteiger partial charge in [0.25, 0.3) is 0 Å². The fourth-order valence-corrected chi connectivity index (χ4v) is 3.10. The van der Waals surface area contributed by atoms with Crippen LogP contribution < -0.4 is 0 Å². The molecule has 0 spiro atoms. The highest BCUT2D eigenvalue weighted by Gasteiger charge is 2.11. The molecule has 19 heavy (non-hydrogen) atoms. The fourth-order valence-electron chi connectivity index (χ4n) is 1.72. The van der Waals surface area contributed by atoms with E-state index in [-0.39, 0.29) is 5.01 Å². The van der Waals surface area contributed by atoms with Gasteiger partial charge in [0.05, 0.1) is 17.1 Å². The minimum Gasteiger partial charge on any atom is -0.476 e. The second-order valence-electron chi connectivity index (χ2n) is 3.81. The Morgan fingerprint density at radius 2 is 2.32 bits per heavy atom. The molecule has 3 aromatic heterocycles. The van der Waals surface area contributed by atoms with E-state index >= 15 is 0 Å². The monoisotopic (exact) mass is 291 g/mol. The van der Waals surface area contributed by atoms with Gasteiger partial charge in [-0.3, -0.25) is 0 Å². The predicted molar refractivity (Wildman–Crippen MR) is 73.7 cm³/mol. The van der Waals surface area contributed by atoms with Crippen LogP contribution >= 0.6 is 22.7 Å². The molecular formula is C12H9N3O2S2. The topological polar surface area (TPSA) is 68.0 Å². The maximum absolute atomic E-state index is 10.8. The average Bonchev–Trinajstić information content (AvgIpc) is 3.09. The van der Waals surface area contributed by atoms with E-state index in [2.05, 4.69) is 9.97 Å². The molecule has 1 N–H and O–H groups in total. The van der Waals surface area contributed by atoms with E-state index in [0.29, 0.717) is 6.54 Å². The fraction of sp³-hybridized carbons (Fsp3) is 0.0833. The quantitative estimate of drug-likeness (QED) is 0.802. The molecule has 96 valence electrons. The average molecular weight is 291 g/mol. The summed E-state index contributed by atoms with van der Waals surface area (Å²) in [6.45, 7) is 0.525. The first-order chi connectivity index (χ1) is 9.24. The van der Waals surface area contributed by atoms with Gasteiger partial charge in [-0.25, -0.2) is 14.8 Å². The molecule has 0 aromatic carbocycles. The van der Waals surface area contributed by atoms with Crippen LogP contribution in [0.25, 0.3) is 10.7 Å². The van der Waals surface area contributed by atoms with Crippen molar-refractivity contribution in [3.8, 4) is 10.7 Å². The van der Waals surface area contributed by atoms with Gasteiger partial charge in [-0.05, 0) is 11.4 Å². The van der Waals surface area contributed by atoms with Crippen LogP contribution in [0.5, 0.6) is 0 Å². The number of thiazole rings is 1. The van der Waals surface area contributed by atoms with Crippen molar-refractivity contribution in [3.05, 3.63) is 46.0 Å². The summed E-state index contributed by atoms with van der Waals surface area (Å²) >= 11 is 2.76. The Labute approximate surface area is 116 Å². The molecule has 0 aliphatic carbocycles. The lowest BCUT2D eigenvalue weighted by molar-refractivity contribution is 0.0696. The highest BCUT2D eigenvalue weighted by atomic mass is 32.1. The lowest BCUT2D eigenvalue weighted by Crippen LogP contribution is -2.02. The van der Waals surface area contributed by atoms with E-state index in [0.717, 1.165) is 27.7 Å². The first kappa shape index (κ1) is 12.1. The van der Waals surface area contributed by atoms with E-state index < -0.39 is 5.97 Å². The molecule has 3 aromatic rings. The first-order valence-corrected chi connectivity index (χ1v) is 7.22. The van der Waals surface area contributed by atoms with Gasteiger partial charge in [-0.15, -0.1) is 22.7 Å². The van der Waals surface area contributed by atoms with Crippen molar-refractivity contribution in [2.45, 2.75) is 6.54 Å². The van der Waals surface area contributed by atoms with E-state index in [1.54, 1.807) is 22.9 Å². The molecule has 0 bridgehead atoms. The van der Waals surface area contributed by atoms with Crippen LogP contribution in [0, 0.1) is 0 Å². The molecule has 7 heteroatoms. The number of nitrogens with zero attached hydrogens (tertiary/aromatic N) is 3. The van der Waals surface area contributed by atoms with Crippen LogP contribution in [-0.4, -0.2) is 25.6 Å². The number of carbonyl (C=O) groups is 1. The van der Waals surface area contributed by atoms with Crippen molar-refractivity contribution in [1.82, 2.24) is 14.5 Å². The molecule has 0 amide bonds. The van der Waals surface area contributed by atoms with Crippen LogP contribution in [0.1, 0.15) is 15.5 Å². The standard InChI is InChI=1S/C12H9N3O2S2/c16-12(17)11-14-8(7-19-11)6-15-4-3-13-10(15)9-2-1-5-18-9/h1-5,7H,6H2,(H,16,17). The molecule has 0 aliphatic heterocycles. The maximum atomic E-state index is 10.8. The van der Waals surface area contributed by atoms with Crippen LogP contribution in [-0.2, 0) is 6.54 Å². The summed E-state index contributed by atoms with van der Waals surface area (Å²) in [7, 11) is 0. The Balaban J connectivity index is 1.87. The number of aromatic carboxylic acids is 1. The number of hydrogen-bond acceptors (Lipinski definition) is 5. The maximum Gasteiger partial charge on any atom is 0.365 e. The van der Waals surface area contributed by atoms with Crippen molar-refractivity contribution >= 4 is 28.6 Å². The molecule has 0 atom stereocenters. The Hall–Kier alpha value is -1.99. The van der Waals surface area contributed by atoms with Gasteiger partial charge in [-0.2, -0.15) is 0 Å². The highest BCUT2D eigenvalue weighted by molar-refractivity contribution is 7.13. The van der Waals surface area contributed by atoms with Crippen LogP contribution in [0.4, 0.5) is 0 Å². The zero-order valence-electron chi connectivity index (χ0n) is 9.68. The summed E-state index contributed by atoms with van der Waals surface area (Å²) in [5.74, 6) is -0.111. The van der Waals surface area contributed by atoms with Gasteiger partial charge >= 0.3 is 5.97 Å². The summed E-state index contributed by atoms with van der Waals surface area (Å²) in [6, 6.07) is 3.98. The van der Waals surface area contributed by atoms with Crippen molar-refractivity contribution < 1.29 is 9.90 Å². The molecule has 5 nitrogen and oxygen atoms in total. The number of carboxylic acid groups (broad SMARTS) is 1. The second-order valence-corrected chi connectivity index (χ2v) is 5.61. The summed E-state index contributed by atoms with van der Waals surface area (Å²) in [5, 5.41) is 12.7. The van der Waals surface area contributed by atoms with E-state index in [4.69, 9.17) is 5.11 Å². The second kappa shape index (κ2) is 4.94. The number of aromatic nitrogens is 3. The Morgan fingerprint density at radius 3 is 3.00 bits per heavy atom. The lowest BCUT2D eigenvalue weighted by Gasteiger charge is -2.03. The third-order valence-corrected chi connectivity index (χ3v) is 4.27. The Kier molecular flexibility index (Phi) is 3.14. The van der Waals surface area contributed by atoms with E-state index in [1.807, 2.05) is 28.3 Å². The van der Waals surface area contributed by atoms with Gasteiger partial charge in [0, 0.05) is 17.8 Å². The van der Waals surface area contributed by atoms with Gasteiger partial charge in [0.15, 0.2) is 0 Å². The summed E-state index contributed by atoms with van der Waals surface area (Å²) in [6.07, 6.45) is 3.61. The van der Waals surface area contributed by atoms with Crippen LogP contribution in [0.3, 0.4) is 0 Å². The van der Waals surface area contributed by atoms with Crippen LogP contribution in [0.2, 0.25) is 0 Å². The van der Waals surface area contributed by atoms with Crippen molar-refractivity contribution in [1.29, 1.82) is 0 Å². The zero-order chi connectivity index (χ0) is 13.2. The van der Waals surface area contributed by atoms with Crippen molar-refractivity contribution in [2.75, 3.05) is 0 Å². The smallest absolute Gasteiger partial charge is 0.365 e. The highest BCUT2D eigenvalue weighted by Crippen LogP contribution is 2.23. The third kappa shape index (κ3) is 2.42. The van der Waals surface area contributed by atoms with Crippen LogP contribution in [0.15, 0.2) is 35.3 Å². The van der Waals surface area contributed by atoms with Gasteiger partial charge in [0.2, 0.25) is 5.01 Å². The molecule has 0 aliphatic rings. The van der Waals surface area contributed by atoms with E-state index in [1.165, 1.54) is 0 Å². The normalized spacial score (nSPS) is 10.7. The number of thiophene rings is 1. The summed E-state index contributed by atoms with van der Waals surface area (Å²) in [4.78, 5) is 20.3. The molecule has 0 unspecified atom stereocenters. The zero-order valence-corrected chi connectivity index (χ0v) is 11.3. The number of imidazole rings is 1. The predicted octanol–water partition coefficient (Wildman–Crippen LogP) is 2.81. The molecule has 3 rings (SSSR count). The summed E-state index contributed by atoms with van der Waals surface area (Å²) in [5.41, 5.74) is 0.734. The molecule has 3 heterocycles. The largest absolute Gasteiger partial charge is 0.476 e. The SMILES string of the molecule is O=C(O)c1nc(Cn2ccnc2-c2cccs2)cs1. The number of hydrogen-bond donors (Lipinski definition) is 1.